The SMILES string of the molecule is CCC(NCCCCCCO)c1ccc(F)cn1. The molecule has 1 aromatic rings. The molecule has 102 valence electrons. The second-order valence-corrected chi connectivity index (χ2v) is 4.45. The van der Waals surface area contributed by atoms with Gasteiger partial charge in [-0.25, -0.2) is 4.39 Å². The second kappa shape index (κ2) is 9.00. The Hall–Kier alpha value is -1.00. The summed E-state index contributed by atoms with van der Waals surface area (Å²) in [5.41, 5.74) is 0.897. The van der Waals surface area contributed by atoms with Crippen LogP contribution in [0.15, 0.2) is 18.3 Å². The lowest BCUT2D eigenvalue weighted by atomic mass is 10.1. The molecule has 0 fully saturated rings. The van der Waals surface area contributed by atoms with Gasteiger partial charge in [-0.3, -0.25) is 4.98 Å². The van der Waals surface area contributed by atoms with Crippen LogP contribution < -0.4 is 5.32 Å². The summed E-state index contributed by atoms with van der Waals surface area (Å²) in [7, 11) is 0. The zero-order valence-corrected chi connectivity index (χ0v) is 11.0. The van der Waals surface area contributed by atoms with Crippen LogP contribution in [0.5, 0.6) is 0 Å². The maximum Gasteiger partial charge on any atom is 0.141 e. The molecule has 2 N–H and O–H groups in total. The van der Waals surface area contributed by atoms with Crippen LogP contribution in [-0.4, -0.2) is 23.2 Å². The second-order valence-electron chi connectivity index (χ2n) is 4.45. The van der Waals surface area contributed by atoms with E-state index in [-0.39, 0.29) is 18.5 Å². The zero-order valence-electron chi connectivity index (χ0n) is 11.0. The molecular formula is C14H23FN2O. The molecule has 1 atom stereocenters. The van der Waals surface area contributed by atoms with Gasteiger partial charge in [0.25, 0.3) is 0 Å². The molecule has 0 aliphatic carbocycles. The molecule has 0 radical (unpaired) electrons. The molecule has 1 unspecified atom stereocenters. The maximum absolute atomic E-state index is 12.8. The molecule has 0 spiro atoms. The maximum atomic E-state index is 12.8. The number of unbranched alkanes of at least 4 members (excludes halogenated alkanes) is 3. The van der Waals surface area contributed by atoms with Gasteiger partial charge in [0.05, 0.1) is 11.9 Å². The van der Waals surface area contributed by atoms with Crippen molar-refractivity contribution in [2.24, 2.45) is 0 Å². The normalized spacial score (nSPS) is 12.6. The predicted octanol–water partition coefficient (Wildman–Crippen LogP) is 2.81. The van der Waals surface area contributed by atoms with Gasteiger partial charge in [-0.15, -0.1) is 0 Å². The van der Waals surface area contributed by atoms with Crippen LogP contribution in [0.3, 0.4) is 0 Å². The van der Waals surface area contributed by atoms with Crippen molar-refractivity contribution in [3.05, 3.63) is 29.8 Å². The summed E-state index contributed by atoms with van der Waals surface area (Å²) in [4.78, 5) is 4.11. The molecule has 0 aliphatic rings. The van der Waals surface area contributed by atoms with Crippen LogP contribution in [0, 0.1) is 5.82 Å². The molecule has 3 nitrogen and oxygen atoms in total. The lowest BCUT2D eigenvalue weighted by Crippen LogP contribution is -2.22. The topological polar surface area (TPSA) is 45.1 Å². The van der Waals surface area contributed by atoms with Gasteiger partial charge in [0.15, 0.2) is 0 Å². The van der Waals surface area contributed by atoms with Crippen molar-refractivity contribution < 1.29 is 9.50 Å². The van der Waals surface area contributed by atoms with E-state index in [4.69, 9.17) is 5.11 Å². The number of rotatable bonds is 9. The third-order valence-electron chi connectivity index (χ3n) is 2.99. The first-order valence-corrected chi connectivity index (χ1v) is 6.73. The summed E-state index contributed by atoms with van der Waals surface area (Å²) in [6.45, 7) is 3.31. The fourth-order valence-electron chi connectivity index (χ4n) is 1.92. The fraction of sp³-hybridized carbons (Fsp3) is 0.643. The van der Waals surface area contributed by atoms with Crippen molar-refractivity contribution in [1.29, 1.82) is 0 Å². The zero-order chi connectivity index (χ0) is 13.2. The Labute approximate surface area is 108 Å². The molecule has 0 saturated carbocycles. The van der Waals surface area contributed by atoms with Crippen LogP contribution in [0.1, 0.15) is 50.8 Å². The average Bonchev–Trinajstić information content (AvgIpc) is 2.39. The van der Waals surface area contributed by atoms with Crippen molar-refractivity contribution in [2.45, 2.75) is 45.1 Å². The number of halogens is 1. The number of aliphatic hydroxyl groups is 1. The lowest BCUT2D eigenvalue weighted by molar-refractivity contribution is 0.282. The van der Waals surface area contributed by atoms with Crippen molar-refractivity contribution in [2.75, 3.05) is 13.2 Å². The van der Waals surface area contributed by atoms with E-state index in [1.54, 1.807) is 6.07 Å². The van der Waals surface area contributed by atoms with Crippen molar-refractivity contribution in [3.63, 3.8) is 0 Å². The monoisotopic (exact) mass is 254 g/mol. The first-order chi connectivity index (χ1) is 8.77. The van der Waals surface area contributed by atoms with Crippen molar-refractivity contribution in [1.82, 2.24) is 10.3 Å². The Morgan fingerprint density at radius 3 is 2.67 bits per heavy atom. The Morgan fingerprint density at radius 1 is 1.28 bits per heavy atom. The summed E-state index contributed by atoms with van der Waals surface area (Å²) >= 11 is 0. The largest absolute Gasteiger partial charge is 0.396 e. The molecule has 1 rings (SSSR count). The van der Waals surface area contributed by atoms with E-state index >= 15 is 0 Å². The Balaban J connectivity index is 2.27. The third-order valence-corrected chi connectivity index (χ3v) is 2.99. The van der Waals surface area contributed by atoms with Crippen molar-refractivity contribution >= 4 is 0 Å². The minimum absolute atomic E-state index is 0.198. The van der Waals surface area contributed by atoms with Crippen LogP contribution in [0.4, 0.5) is 4.39 Å². The molecule has 0 bridgehead atoms. The van der Waals surface area contributed by atoms with E-state index in [1.165, 1.54) is 12.3 Å². The molecule has 18 heavy (non-hydrogen) atoms. The average molecular weight is 254 g/mol. The Bertz CT molecular complexity index is 316. The van der Waals surface area contributed by atoms with Gasteiger partial charge in [-0.2, -0.15) is 0 Å². The van der Waals surface area contributed by atoms with Gasteiger partial charge in [0, 0.05) is 12.6 Å². The van der Waals surface area contributed by atoms with Gasteiger partial charge in [0.2, 0.25) is 0 Å². The molecule has 4 heteroatoms. The van der Waals surface area contributed by atoms with Gasteiger partial charge in [-0.1, -0.05) is 19.8 Å². The van der Waals surface area contributed by atoms with Crippen molar-refractivity contribution in [3.8, 4) is 0 Å². The van der Waals surface area contributed by atoms with Gasteiger partial charge in [-0.05, 0) is 37.9 Å². The van der Waals surface area contributed by atoms with Gasteiger partial charge >= 0.3 is 0 Å². The highest BCUT2D eigenvalue weighted by atomic mass is 19.1. The number of aromatic nitrogens is 1. The summed E-state index contributed by atoms with van der Waals surface area (Å²) in [5.74, 6) is -0.294. The highest BCUT2D eigenvalue weighted by molar-refractivity contribution is 5.09. The first-order valence-electron chi connectivity index (χ1n) is 6.73. The first kappa shape index (κ1) is 15.1. The minimum Gasteiger partial charge on any atom is -0.396 e. The summed E-state index contributed by atoms with van der Waals surface area (Å²) < 4.78 is 12.8. The van der Waals surface area contributed by atoms with E-state index in [0.717, 1.165) is 44.3 Å². The number of hydrogen-bond donors (Lipinski definition) is 2. The number of aliphatic hydroxyl groups excluding tert-OH is 1. The summed E-state index contributed by atoms with van der Waals surface area (Å²) in [6, 6.07) is 3.39. The lowest BCUT2D eigenvalue weighted by Gasteiger charge is -2.16. The van der Waals surface area contributed by atoms with Gasteiger partial charge in [0.1, 0.15) is 5.82 Å². The van der Waals surface area contributed by atoms with E-state index < -0.39 is 0 Å². The Kier molecular flexibility index (Phi) is 7.53. The smallest absolute Gasteiger partial charge is 0.141 e. The highest BCUT2D eigenvalue weighted by Gasteiger charge is 2.09. The molecule has 1 aromatic heterocycles. The third kappa shape index (κ3) is 5.56. The number of hydrogen-bond acceptors (Lipinski definition) is 3. The van der Waals surface area contributed by atoms with Crippen LogP contribution >= 0.6 is 0 Å². The molecule has 0 aromatic carbocycles. The van der Waals surface area contributed by atoms with E-state index in [2.05, 4.69) is 17.2 Å². The summed E-state index contributed by atoms with van der Waals surface area (Å²) in [5, 5.41) is 12.1. The highest BCUT2D eigenvalue weighted by Crippen LogP contribution is 2.14. The van der Waals surface area contributed by atoms with Crippen LogP contribution in [-0.2, 0) is 0 Å². The Morgan fingerprint density at radius 2 is 2.06 bits per heavy atom. The summed E-state index contributed by atoms with van der Waals surface area (Å²) in [6.07, 6.45) is 6.38. The molecular weight excluding hydrogens is 231 g/mol. The molecule has 1 heterocycles. The molecule has 0 aliphatic heterocycles. The van der Waals surface area contributed by atoms with Gasteiger partial charge < -0.3 is 10.4 Å². The van der Waals surface area contributed by atoms with Crippen LogP contribution in [0.2, 0.25) is 0 Å². The number of nitrogens with zero attached hydrogens (tertiary/aromatic N) is 1. The standard InChI is InChI=1S/C14H23FN2O/c1-2-13(14-8-7-12(15)11-17-14)16-9-5-3-4-6-10-18/h7-8,11,13,16,18H,2-6,9-10H2,1H3. The fourth-order valence-corrected chi connectivity index (χ4v) is 1.92. The number of nitrogens with one attached hydrogen (secondary N) is 1. The predicted molar refractivity (Wildman–Crippen MR) is 70.8 cm³/mol. The van der Waals surface area contributed by atoms with E-state index in [9.17, 15) is 4.39 Å². The minimum atomic E-state index is -0.294. The van der Waals surface area contributed by atoms with E-state index in [0.29, 0.717) is 0 Å². The van der Waals surface area contributed by atoms with Crippen LogP contribution in [0.25, 0.3) is 0 Å². The molecule has 0 saturated heterocycles. The quantitative estimate of drug-likeness (QED) is 0.666. The molecule has 0 amide bonds. The van der Waals surface area contributed by atoms with E-state index in [1.807, 2.05) is 0 Å². The number of pyridine rings is 1.